The van der Waals surface area contributed by atoms with Crippen LogP contribution in [0.1, 0.15) is 243 Å². The molecule has 1 unspecified atom stereocenters. The zero-order valence-corrected chi connectivity index (χ0v) is 51.2. The molecule has 0 heterocycles. The lowest BCUT2D eigenvalue weighted by atomic mass is 9.57. The standard InChI is InChI=1S/C81H94/c1-10-14-18-22-34-57-48-58(35-23-19-15-11-2)51-62(50-57)81(63-52-59(36-24-20-16-12-3)49-60(53-63)37-25-21-17-13-4)73-54-61(79(7,8)9)45-46-64(73)70-55-74(78(70)81)80-47-33-32-44-72(80)77(69-42-30-31-43-71(69)80)76-67-40-28-26-38-65(67)75(56(5)6)66-39-27-29-41-68(66)76/h26-33,38-56H,10-25,34-37H2,1-9H3. The van der Waals surface area contributed by atoms with E-state index in [1.807, 2.05) is 0 Å². The first-order valence-corrected chi connectivity index (χ1v) is 32.5. The number of aryl methyl sites for hydroxylation is 4. The zero-order valence-electron chi connectivity index (χ0n) is 51.2. The van der Waals surface area contributed by atoms with Crippen molar-refractivity contribution in [2.24, 2.45) is 0 Å². The van der Waals surface area contributed by atoms with Crippen molar-refractivity contribution in [1.82, 2.24) is 0 Å². The van der Waals surface area contributed by atoms with E-state index in [1.54, 1.807) is 0 Å². The summed E-state index contributed by atoms with van der Waals surface area (Å²) in [7, 11) is 0. The van der Waals surface area contributed by atoms with Gasteiger partial charge in [0.1, 0.15) is 0 Å². The molecule has 0 bridgehead atoms. The van der Waals surface area contributed by atoms with Crippen LogP contribution in [-0.2, 0) is 41.9 Å². The Kier molecular flexibility index (Phi) is 17.0. The van der Waals surface area contributed by atoms with Crippen LogP contribution >= 0.6 is 0 Å². The van der Waals surface area contributed by atoms with Crippen molar-refractivity contribution < 1.29 is 0 Å². The van der Waals surface area contributed by atoms with Crippen LogP contribution in [0.5, 0.6) is 0 Å². The second-order valence-corrected chi connectivity index (χ2v) is 26.3. The highest BCUT2D eigenvalue weighted by Crippen LogP contribution is 2.68. The normalized spacial score (nSPS) is 16.8. The molecular formula is C81H94. The fraction of sp³-hybridized carbons (Fsp3) is 0.407. The van der Waals surface area contributed by atoms with Crippen LogP contribution in [0.4, 0.5) is 0 Å². The van der Waals surface area contributed by atoms with Gasteiger partial charge in [0.05, 0.1) is 10.8 Å². The summed E-state index contributed by atoms with van der Waals surface area (Å²) in [5, 5.41) is 5.43. The molecule has 0 amide bonds. The van der Waals surface area contributed by atoms with E-state index in [9.17, 15) is 0 Å². The van der Waals surface area contributed by atoms with E-state index in [0.717, 1.165) is 25.7 Å². The number of fused-ring (bicyclic) bond motifs is 8. The number of hydrogen-bond donors (Lipinski definition) is 0. The Labute approximate surface area is 489 Å². The van der Waals surface area contributed by atoms with E-state index >= 15 is 0 Å². The predicted octanol–water partition coefficient (Wildman–Crippen LogP) is 22.8. The van der Waals surface area contributed by atoms with E-state index in [4.69, 9.17) is 0 Å². The summed E-state index contributed by atoms with van der Waals surface area (Å²) >= 11 is 0. The van der Waals surface area contributed by atoms with Gasteiger partial charge < -0.3 is 0 Å². The van der Waals surface area contributed by atoms with Gasteiger partial charge in [0.2, 0.25) is 0 Å². The minimum absolute atomic E-state index is 0.0351. The van der Waals surface area contributed by atoms with Gasteiger partial charge in [-0.2, -0.15) is 0 Å². The number of unbranched alkanes of at least 4 members (excludes halogenated alkanes) is 12. The Bertz CT molecular complexity index is 3410. The molecule has 0 N–H and O–H groups in total. The fourth-order valence-electron chi connectivity index (χ4n) is 15.3. The topological polar surface area (TPSA) is 0 Å². The van der Waals surface area contributed by atoms with E-state index < -0.39 is 10.8 Å². The van der Waals surface area contributed by atoms with Crippen LogP contribution in [0.15, 0.2) is 174 Å². The summed E-state index contributed by atoms with van der Waals surface area (Å²) in [6.45, 7) is 21.4. The molecule has 1 atom stereocenters. The second-order valence-electron chi connectivity index (χ2n) is 26.3. The van der Waals surface area contributed by atoms with Crippen LogP contribution in [0.25, 0.3) is 32.7 Å². The van der Waals surface area contributed by atoms with Crippen molar-refractivity contribution in [3.05, 3.63) is 247 Å². The van der Waals surface area contributed by atoms with Gasteiger partial charge in [0, 0.05) is 0 Å². The fourth-order valence-corrected chi connectivity index (χ4v) is 15.3. The Hall–Kier alpha value is -6.24. The summed E-state index contributed by atoms with van der Waals surface area (Å²) in [6.07, 6.45) is 37.3. The largest absolute Gasteiger partial charge is 0.0717 e. The molecule has 11 rings (SSSR count). The summed E-state index contributed by atoms with van der Waals surface area (Å²) in [5.74, 6) is 0.374. The average Bonchev–Trinajstić information content (AvgIpc) is 4.12. The van der Waals surface area contributed by atoms with Crippen LogP contribution in [0, 0.1) is 0 Å². The predicted molar refractivity (Wildman–Crippen MR) is 352 cm³/mol. The highest BCUT2D eigenvalue weighted by atomic mass is 14.6. The molecule has 4 aliphatic rings. The van der Waals surface area contributed by atoms with Crippen molar-refractivity contribution in [3.63, 3.8) is 0 Å². The van der Waals surface area contributed by atoms with Gasteiger partial charge in [-0.15, -0.1) is 0 Å². The van der Waals surface area contributed by atoms with Gasteiger partial charge in [0.15, 0.2) is 0 Å². The Morgan fingerprint density at radius 1 is 0.444 bits per heavy atom. The van der Waals surface area contributed by atoms with Crippen LogP contribution in [0.2, 0.25) is 0 Å². The van der Waals surface area contributed by atoms with Crippen LogP contribution in [0.3, 0.4) is 0 Å². The third kappa shape index (κ3) is 10.3. The number of hydrogen-bond acceptors (Lipinski definition) is 0. The molecule has 7 aromatic rings. The molecule has 418 valence electrons. The lowest BCUT2D eigenvalue weighted by Crippen LogP contribution is -2.37. The molecule has 0 nitrogen and oxygen atoms in total. The monoisotopic (exact) mass is 1070 g/mol. The molecule has 0 aliphatic heterocycles. The van der Waals surface area contributed by atoms with Gasteiger partial charge in [0.25, 0.3) is 0 Å². The van der Waals surface area contributed by atoms with Crippen molar-refractivity contribution >= 4 is 32.7 Å². The van der Waals surface area contributed by atoms with Crippen LogP contribution in [-0.4, -0.2) is 0 Å². The van der Waals surface area contributed by atoms with Gasteiger partial charge >= 0.3 is 0 Å². The van der Waals surface area contributed by atoms with Gasteiger partial charge in [-0.05, 0) is 191 Å². The minimum atomic E-state index is -0.559. The summed E-state index contributed by atoms with van der Waals surface area (Å²) in [6, 6.07) is 52.2. The molecule has 7 aromatic carbocycles. The summed E-state index contributed by atoms with van der Waals surface area (Å²) in [5.41, 5.74) is 25.0. The van der Waals surface area contributed by atoms with Gasteiger partial charge in [-0.25, -0.2) is 0 Å². The molecule has 0 spiro atoms. The van der Waals surface area contributed by atoms with E-state index in [2.05, 4.69) is 220 Å². The summed E-state index contributed by atoms with van der Waals surface area (Å²) < 4.78 is 0. The molecule has 4 aliphatic carbocycles. The van der Waals surface area contributed by atoms with Crippen molar-refractivity contribution in [3.8, 4) is 0 Å². The lowest BCUT2D eigenvalue weighted by molar-refractivity contribution is 0.587. The third-order valence-electron chi connectivity index (χ3n) is 19.3. The SMILES string of the molecule is CCCCCCc1cc(CCCCCC)cc(C2(c3cc(CCCCCC)cc(CCCCCC)c3)C3=C(C45C=CC=CC4=C(c4c6ccccc6c(C(C)C)c6ccccc46)c4ccccc45)C=C3c3ccc(C(C)(C)C)cc32)c1. The maximum atomic E-state index is 2.74. The number of allylic oxidation sites excluding steroid dienone is 9. The first kappa shape index (κ1) is 56.6. The van der Waals surface area contributed by atoms with Crippen LogP contribution < -0.4 is 0 Å². The second kappa shape index (κ2) is 24.3. The third-order valence-corrected chi connectivity index (χ3v) is 19.3. The molecule has 0 aromatic heterocycles. The van der Waals surface area contributed by atoms with Gasteiger partial charge in [-0.1, -0.05) is 291 Å². The lowest BCUT2D eigenvalue weighted by Gasteiger charge is -2.44. The average molecular weight is 1070 g/mol. The number of rotatable bonds is 25. The minimum Gasteiger partial charge on any atom is -0.0654 e. The Balaban J connectivity index is 1.27. The molecule has 81 heavy (non-hydrogen) atoms. The molecule has 0 heteroatoms. The van der Waals surface area contributed by atoms with E-state index in [0.29, 0.717) is 5.92 Å². The molecule has 0 radical (unpaired) electrons. The molecule has 0 saturated heterocycles. The smallest absolute Gasteiger partial charge is 0.0654 e. The first-order chi connectivity index (χ1) is 39.5. The van der Waals surface area contributed by atoms with E-state index in [1.165, 1.54) is 224 Å². The maximum absolute atomic E-state index is 2.74. The van der Waals surface area contributed by atoms with Crippen molar-refractivity contribution in [1.29, 1.82) is 0 Å². The summed E-state index contributed by atoms with van der Waals surface area (Å²) in [4.78, 5) is 0. The highest BCUT2D eigenvalue weighted by Gasteiger charge is 2.58. The molecule has 0 saturated carbocycles. The zero-order chi connectivity index (χ0) is 56.3. The maximum Gasteiger partial charge on any atom is 0.0717 e. The number of benzene rings is 7. The molecule has 0 fully saturated rings. The van der Waals surface area contributed by atoms with Crippen molar-refractivity contribution in [2.75, 3.05) is 0 Å². The first-order valence-electron chi connectivity index (χ1n) is 32.5. The Morgan fingerprint density at radius 3 is 1.41 bits per heavy atom. The highest BCUT2D eigenvalue weighted by molar-refractivity contribution is 6.17. The van der Waals surface area contributed by atoms with Crippen molar-refractivity contribution in [2.45, 2.75) is 213 Å². The van der Waals surface area contributed by atoms with E-state index in [-0.39, 0.29) is 5.41 Å². The quantitative estimate of drug-likeness (QED) is 0.0395. The Morgan fingerprint density at radius 2 is 0.926 bits per heavy atom. The van der Waals surface area contributed by atoms with Gasteiger partial charge in [-0.3, -0.25) is 0 Å². The molecular weight excluding hydrogens is 973 g/mol.